The van der Waals surface area contributed by atoms with Crippen molar-refractivity contribution in [3.8, 4) is 0 Å². The van der Waals surface area contributed by atoms with Crippen molar-refractivity contribution in [1.82, 2.24) is 4.90 Å². The Morgan fingerprint density at radius 2 is 1.82 bits per heavy atom. The number of nitrogen functional groups attached to an aromatic ring is 1. The summed E-state index contributed by atoms with van der Waals surface area (Å²) >= 11 is 0. The average molecular weight is 451 g/mol. The van der Waals surface area contributed by atoms with E-state index in [0.717, 1.165) is 11.4 Å². The van der Waals surface area contributed by atoms with Crippen LogP contribution in [0.1, 0.15) is 45.0 Å². The van der Waals surface area contributed by atoms with Crippen molar-refractivity contribution in [3.63, 3.8) is 0 Å². The van der Waals surface area contributed by atoms with Crippen LogP contribution in [0.25, 0.3) is 0 Å². The molecule has 1 amide bonds. The van der Waals surface area contributed by atoms with E-state index in [2.05, 4.69) is 40.6 Å². The number of aliphatic imine (C=N–C) groups is 2. The topological polar surface area (TPSA) is 109 Å². The number of benzene rings is 2. The molecule has 0 atom stereocenters. The van der Waals surface area contributed by atoms with Gasteiger partial charge in [-0.15, -0.1) is 0 Å². The molecular formula is C25H31FN6O. The molecule has 0 aliphatic carbocycles. The number of guanidine groups is 1. The van der Waals surface area contributed by atoms with Crippen LogP contribution in [0.15, 0.2) is 76.5 Å². The van der Waals surface area contributed by atoms with E-state index in [-0.39, 0.29) is 23.4 Å². The SMILES string of the molecule is C=C(C(C)=NC(N)=Nc1ccc(C(=O)Nc2cc(F)ccc2N)cc1)N(C(C)=CC)C(C)C. The lowest BCUT2D eigenvalue weighted by atomic mass is 10.2. The van der Waals surface area contributed by atoms with Crippen molar-refractivity contribution in [2.24, 2.45) is 15.7 Å². The summed E-state index contributed by atoms with van der Waals surface area (Å²) < 4.78 is 13.4. The smallest absolute Gasteiger partial charge is 0.255 e. The number of nitrogens with two attached hydrogens (primary N) is 2. The molecule has 7 nitrogen and oxygen atoms in total. The lowest BCUT2D eigenvalue weighted by Crippen LogP contribution is -2.31. The number of nitrogens with one attached hydrogen (secondary N) is 1. The number of allylic oxidation sites excluding steroid dienone is 3. The average Bonchev–Trinajstić information content (AvgIpc) is 2.76. The van der Waals surface area contributed by atoms with Gasteiger partial charge >= 0.3 is 0 Å². The Labute approximate surface area is 194 Å². The lowest BCUT2D eigenvalue weighted by molar-refractivity contribution is 0.102. The third kappa shape index (κ3) is 6.77. The Morgan fingerprint density at radius 1 is 1.18 bits per heavy atom. The van der Waals surface area contributed by atoms with Gasteiger partial charge in [0, 0.05) is 17.3 Å². The second-order valence-corrected chi connectivity index (χ2v) is 7.74. The van der Waals surface area contributed by atoms with Crippen LogP contribution in [-0.2, 0) is 0 Å². The maximum absolute atomic E-state index is 13.4. The van der Waals surface area contributed by atoms with Crippen LogP contribution in [-0.4, -0.2) is 28.5 Å². The van der Waals surface area contributed by atoms with Crippen molar-refractivity contribution >= 4 is 34.6 Å². The van der Waals surface area contributed by atoms with Gasteiger partial charge in [-0.25, -0.2) is 14.4 Å². The Hall–Kier alpha value is -3.94. The molecule has 5 N–H and O–H groups in total. The van der Waals surface area contributed by atoms with Crippen molar-refractivity contribution < 1.29 is 9.18 Å². The molecule has 0 aliphatic rings. The summed E-state index contributed by atoms with van der Waals surface area (Å²) in [5, 5.41) is 2.59. The number of hydrogen-bond donors (Lipinski definition) is 3. The van der Waals surface area contributed by atoms with Crippen LogP contribution in [0.4, 0.5) is 21.5 Å². The minimum Gasteiger partial charge on any atom is -0.397 e. The van der Waals surface area contributed by atoms with Gasteiger partial charge < -0.3 is 21.7 Å². The Morgan fingerprint density at radius 3 is 2.39 bits per heavy atom. The molecule has 0 spiro atoms. The van der Waals surface area contributed by atoms with Crippen LogP contribution < -0.4 is 16.8 Å². The van der Waals surface area contributed by atoms with E-state index in [0.29, 0.717) is 17.0 Å². The number of nitrogens with zero attached hydrogens (tertiary/aromatic N) is 3. The quantitative estimate of drug-likeness (QED) is 0.305. The minimum atomic E-state index is -0.490. The van der Waals surface area contributed by atoms with E-state index >= 15 is 0 Å². The van der Waals surface area contributed by atoms with Gasteiger partial charge in [-0.3, -0.25) is 4.79 Å². The van der Waals surface area contributed by atoms with Gasteiger partial charge in [0.15, 0.2) is 0 Å². The van der Waals surface area contributed by atoms with Crippen LogP contribution in [0.2, 0.25) is 0 Å². The fourth-order valence-corrected chi connectivity index (χ4v) is 3.16. The standard InChI is InChI=1S/C25H31FN6O/c1-7-16(4)32(15(2)3)18(6)17(5)29-25(28)30-21-11-8-19(9-12-21)24(33)31-23-14-20(26)10-13-22(23)27/h7-15H,6,27H2,1-5H3,(H2,28,30)(H,31,33). The molecule has 0 aliphatic heterocycles. The van der Waals surface area contributed by atoms with E-state index in [1.54, 1.807) is 24.3 Å². The van der Waals surface area contributed by atoms with Gasteiger partial charge in [0.05, 0.1) is 28.5 Å². The fourth-order valence-electron chi connectivity index (χ4n) is 3.16. The van der Waals surface area contributed by atoms with Gasteiger partial charge in [-0.05, 0) is 77.1 Å². The molecule has 33 heavy (non-hydrogen) atoms. The van der Waals surface area contributed by atoms with E-state index in [1.807, 2.05) is 26.8 Å². The first-order valence-electron chi connectivity index (χ1n) is 10.5. The highest BCUT2D eigenvalue weighted by molar-refractivity contribution is 6.06. The van der Waals surface area contributed by atoms with Crippen LogP contribution in [0, 0.1) is 5.82 Å². The molecular weight excluding hydrogens is 419 g/mol. The first-order chi connectivity index (χ1) is 15.5. The van der Waals surface area contributed by atoms with Gasteiger partial charge in [0.1, 0.15) is 5.82 Å². The monoisotopic (exact) mass is 450 g/mol. The number of halogens is 1. The second kappa shape index (κ2) is 11.1. The molecule has 2 aromatic rings. The number of carbonyl (C=O) groups is 1. The van der Waals surface area contributed by atoms with Crippen LogP contribution in [0.5, 0.6) is 0 Å². The fraction of sp³-hybridized carbons (Fsp3) is 0.240. The van der Waals surface area contributed by atoms with Crippen molar-refractivity contribution in [3.05, 3.63) is 77.9 Å². The highest BCUT2D eigenvalue weighted by atomic mass is 19.1. The summed E-state index contributed by atoms with van der Waals surface area (Å²) in [7, 11) is 0. The molecule has 174 valence electrons. The lowest BCUT2D eigenvalue weighted by Gasteiger charge is -2.31. The van der Waals surface area contributed by atoms with Crippen molar-refractivity contribution in [1.29, 1.82) is 0 Å². The van der Waals surface area contributed by atoms with Crippen LogP contribution in [0.3, 0.4) is 0 Å². The molecule has 2 rings (SSSR count). The van der Waals surface area contributed by atoms with E-state index in [9.17, 15) is 9.18 Å². The summed E-state index contributed by atoms with van der Waals surface area (Å²) in [5.41, 5.74) is 15.6. The molecule has 0 bridgehead atoms. The molecule has 0 fully saturated rings. The van der Waals surface area contributed by atoms with Crippen molar-refractivity contribution in [2.75, 3.05) is 11.1 Å². The van der Waals surface area contributed by atoms with Crippen LogP contribution >= 0.6 is 0 Å². The molecule has 2 aromatic carbocycles. The third-order valence-corrected chi connectivity index (χ3v) is 4.94. The second-order valence-electron chi connectivity index (χ2n) is 7.74. The van der Waals surface area contributed by atoms with Gasteiger partial charge in [0.25, 0.3) is 5.91 Å². The Balaban J connectivity index is 2.15. The molecule has 0 unspecified atom stereocenters. The van der Waals surface area contributed by atoms with Gasteiger partial charge in [-0.2, -0.15) is 0 Å². The number of hydrogen-bond acceptors (Lipinski definition) is 4. The zero-order valence-corrected chi connectivity index (χ0v) is 19.7. The predicted molar refractivity (Wildman–Crippen MR) is 135 cm³/mol. The number of anilines is 2. The van der Waals surface area contributed by atoms with Crippen molar-refractivity contribution in [2.45, 2.75) is 40.7 Å². The molecule has 0 radical (unpaired) electrons. The molecule has 0 saturated carbocycles. The predicted octanol–water partition coefficient (Wildman–Crippen LogP) is 5.22. The molecule has 8 heteroatoms. The van der Waals surface area contributed by atoms with E-state index in [1.165, 1.54) is 18.2 Å². The minimum absolute atomic E-state index is 0.0697. The highest BCUT2D eigenvalue weighted by Gasteiger charge is 2.15. The highest BCUT2D eigenvalue weighted by Crippen LogP contribution is 2.21. The molecule has 0 heterocycles. The van der Waals surface area contributed by atoms with E-state index < -0.39 is 11.7 Å². The first kappa shape index (κ1) is 25.3. The molecule has 0 saturated heterocycles. The summed E-state index contributed by atoms with van der Waals surface area (Å²) in [4.78, 5) is 23.2. The summed E-state index contributed by atoms with van der Waals surface area (Å²) in [6, 6.07) is 10.4. The zero-order valence-electron chi connectivity index (χ0n) is 19.7. The van der Waals surface area contributed by atoms with E-state index in [4.69, 9.17) is 11.5 Å². The Bertz CT molecular complexity index is 1120. The first-order valence-corrected chi connectivity index (χ1v) is 10.5. The maximum atomic E-state index is 13.4. The number of rotatable bonds is 7. The number of amides is 1. The summed E-state index contributed by atoms with van der Waals surface area (Å²) in [6.45, 7) is 14.1. The Kier molecular flexibility index (Phi) is 8.50. The normalized spacial score (nSPS) is 12.6. The van der Waals surface area contributed by atoms with Gasteiger partial charge in [-0.1, -0.05) is 12.7 Å². The molecule has 0 aromatic heterocycles. The number of carbonyl (C=O) groups excluding carboxylic acids is 1. The third-order valence-electron chi connectivity index (χ3n) is 4.94. The summed E-state index contributed by atoms with van der Waals surface area (Å²) in [6.07, 6.45) is 2.01. The van der Waals surface area contributed by atoms with Gasteiger partial charge in [0.2, 0.25) is 5.96 Å². The maximum Gasteiger partial charge on any atom is 0.255 e. The summed E-state index contributed by atoms with van der Waals surface area (Å²) in [5.74, 6) is -0.843. The largest absolute Gasteiger partial charge is 0.397 e. The zero-order chi connectivity index (χ0) is 24.7.